The number of benzene rings is 2. The van der Waals surface area contributed by atoms with E-state index in [-0.39, 0.29) is 18.2 Å². The number of carbonyl (C=O) groups is 1. The standard InChI is InChI=1S/C16H15F3N2O2/c1-11-5-7-12(8-6-11)21-15(22)10-20-13-3-2-4-14(9-13)23-16(17,18)19/h2-9,20H,10H2,1H3,(H,21,22). The first-order valence-corrected chi connectivity index (χ1v) is 6.78. The second kappa shape index (κ2) is 7.04. The number of hydrogen-bond acceptors (Lipinski definition) is 3. The number of hydrogen-bond donors (Lipinski definition) is 2. The minimum Gasteiger partial charge on any atom is -0.406 e. The number of rotatable bonds is 5. The zero-order chi connectivity index (χ0) is 16.9. The highest BCUT2D eigenvalue weighted by molar-refractivity contribution is 5.93. The van der Waals surface area contributed by atoms with Crippen LogP contribution in [0, 0.1) is 6.92 Å². The summed E-state index contributed by atoms with van der Waals surface area (Å²) in [7, 11) is 0. The molecular weight excluding hydrogens is 309 g/mol. The van der Waals surface area contributed by atoms with Gasteiger partial charge in [0.2, 0.25) is 5.91 Å². The molecule has 0 saturated heterocycles. The zero-order valence-corrected chi connectivity index (χ0v) is 12.3. The number of carbonyl (C=O) groups excluding carboxylic acids is 1. The van der Waals surface area contributed by atoms with Crippen LogP contribution in [0.25, 0.3) is 0 Å². The number of anilines is 2. The van der Waals surface area contributed by atoms with Gasteiger partial charge in [0.15, 0.2) is 0 Å². The van der Waals surface area contributed by atoms with Crippen molar-refractivity contribution in [3.8, 4) is 5.75 Å². The molecule has 0 aliphatic heterocycles. The highest BCUT2D eigenvalue weighted by Gasteiger charge is 2.31. The molecule has 23 heavy (non-hydrogen) atoms. The predicted octanol–water partition coefficient (Wildman–Crippen LogP) is 3.94. The van der Waals surface area contributed by atoms with Gasteiger partial charge in [0, 0.05) is 17.4 Å². The molecule has 0 aliphatic rings. The van der Waals surface area contributed by atoms with Crippen molar-refractivity contribution >= 4 is 17.3 Å². The van der Waals surface area contributed by atoms with Gasteiger partial charge in [0.25, 0.3) is 0 Å². The maximum atomic E-state index is 12.2. The Hall–Kier alpha value is -2.70. The van der Waals surface area contributed by atoms with Gasteiger partial charge in [0.1, 0.15) is 5.75 Å². The third kappa shape index (κ3) is 5.90. The van der Waals surface area contributed by atoms with Crippen LogP contribution in [0.1, 0.15) is 5.56 Å². The molecule has 122 valence electrons. The van der Waals surface area contributed by atoms with E-state index in [2.05, 4.69) is 15.4 Å². The fourth-order valence-electron chi connectivity index (χ4n) is 1.83. The van der Waals surface area contributed by atoms with Crippen molar-refractivity contribution < 1.29 is 22.7 Å². The molecule has 0 bridgehead atoms. The molecule has 0 heterocycles. The van der Waals surface area contributed by atoms with Crippen LogP contribution in [0.4, 0.5) is 24.5 Å². The average molecular weight is 324 g/mol. The van der Waals surface area contributed by atoms with Crippen LogP contribution in [-0.4, -0.2) is 18.8 Å². The molecule has 0 aliphatic carbocycles. The number of ether oxygens (including phenoxy) is 1. The summed E-state index contributed by atoms with van der Waals surface area (Å²) in [6, 6.07) is 12.6. The molecule has 7 heteroatoms. The lowest BCUT2D eigenvalue weighted by molar-refractivity contribution is -0.274. The van der Waals surface area contributed by atoms with E-state index in [0.29, 0.717) is 11.4 Å². The van der Waals surface area contributed by atoms with Crippen molar-refractivity contribution in [2.45, 2.75) is 13.3 Å². The topological polar surface area (TPSA) is 50.4 Å². The van der Waals surface area contributed by atoms with Gasteiger partial charge in [-0.05, 0) is 31.2 Å². The van der Waals surface area contributed by atoms with Gasteiger partial charge in [-0.3, -0.25) is 4.79 Å². The molecule has 0 fully saturated rings. The van der Waals surface area contributed by atoms with E-state index in [1.165, 1.54) is 18.2 Å². The summed E-state index contributed by atoms with van der Waals surface area (Å²) in [6.45, 7) is 1.85. The van der Waals surface area contributed by atoms with Crippen LogP contribution < -0.4 is 15.4 Å². The lowest BCUT2D eigenvalue weighted by Gasteiger charge is -2.11. The Bertz CT molecular complexity index is 670. The molecule has 4 nitrogen and oxygen atoms in total. The molecule has 0 radical (unpaired) electrons. The van der Waals surface area contributed by atoms with Crippen molar-refractivity contribution in [3.63, 3.8) is 0 Å². The third-order valence-corrected chi connectivity index (χ3v) is 2.86. The lowest BCUT2D eigenvalue weighted by atomic mass is 10.2. The van der Waals surface area contributed by atoms with E-state index in [1.807, 2.05) is 19.1 Å². The van der Waals surface area contributed by atoms with Crippen molar-refractivity contribution in [3.05, 3.63) is 54.1 Å². The van der Waals surface area contributed by atoms with Crippen LogP contribution in [0.5, 0.6) is 5.75 Å². The molecule has 2 N–H and O–H groups in total. The van der Waals surface area contributed by atoms with Gasteiger partial charge >= 0.3 is 6.36 Å². The van der Waals surface area contributed by atoms with Crippen LogP contribution in [0.3, 0.4) is 0 Å². The Labute approximate surface area is 131 Å². The monoisotopic (exact) mass is 324 g/mol. The molecule has 2 aromatic carbocycles. The summed E-state index contributed by atoms with van der Waals surface area (Å²) in [4.78, 5) is 11.8. The van der Waals surface area contributed by atoms with E-state index in [9.17, 15) is 18.0 Å². The molecule has 0 atom stereocenters. The maximum absolute atomic E-state index is 12.2. The summed E-state index contributed by atoms with van der Waals surface area (Å²) < 4.78 is 40.3. The molecule has 0 saturated carbocycles. The number of amides is 1. The minimum atomic E-state index is -4.75. The van der Waals surface area contributed by atoms with Crippen molar-refractivity contribution in [2.75, 3.05) is 17.2 Å². The average Bonchev–Trinajstić information content (AvgIpc) is 2.46. The van der Waals surface area contributed by atoms with E-state index < -0.39 is 6.36 Å². The lowest BCUT2D eigenvalue weighted by Crippen LogP contribution is -2.22. The highest BCUT2D eigenvalue weighted by Crippen LogP contribution is 2.24. The zero-order valence-electron chi connectivity index (χ0n) is 12.3. The van der Waals surface area contributed by atoms with E-state index in [1.54, 1.807) is 18.2 Å². The molecule has 2 rings (SSSR count). The predicted molar refractivity (Wildman–Crippen MR) is 81.4 cm³/mol. The number of aryl methyl sites for hydroxylation is 1. The highest BCUT2D eigenvalue weighted by atomic mass is 19.4. The molecular formula is C16H15F3N2O2. The molecule has 0 unspecified atom stereocenters. The molecule has 1 amide bonds. The SMILES string of the molecule is Cc1ccc(NC(=O)CNc2cccc(OC(F)(F)F)c2)cc1. The minimum absolute atomic E-state index is 0.0800. The van der Waals surface area contributed by atoms with Crippen LogP contribution in [-0.2, 0) is 4.79 Å². The fraction of sp³-hybridized carbons (Fsp3) is 0.188. The van der Waals surface area contributed by atoms with Crippen molar-refractivity contribution in [1.29, 1.82) is 0 Å². The van der Waals surface area contributed by atoms with Gasteiger partial charge in [-0.1, -0.05) is 23.8 Å². The van der Waals surface area contributed by atoms with Crippen molar-refractivity contribution in [1.82, 2.24) is 0 Å². The Balaban J connectivity index is 1.89. The number of alkyl halides is 3. The summed E-state index contributed by atoms with van der Waals surface area (Å²) in [5.41, 5.74) is 2.07. The van der Waals surface area contributed by atoms with Gasteiger partial charge < -0.3 is 15.4 Å². The van der Waals surface area contributed by atoms with Crippen molar-refractivity contribution in [2.24, 2.45) is 0 Å². The normalized spacial score (nSPS) is 11.0. The van der Waals surface area contributed by atoms with E-state index in [0.717, 1.165) is 5.56 Å². The van der Waals surface area contributed by atoms with Gasteiger partial charge in [-0.25, -0.2) is 0 Å². The summed E-state index contributed by atoms with van der Waals surface area (Å²) in [5, 5.41) is 5.42. The molecule has 0 spiro atoms. The fourth-order valence-corrected chi connectivity index (χ4v) is 1.83. The van der Waals surface area contributed by atoms with E-state index in [4.69, 9.17) is 0 Å². The second-order valence-electron chi connectivity index (χ2n) is 4.84. The largest absolute Gasteiger partial charge is 0.573 e. The van der Waals surface area contributed by atoms with E-state index >= 15 is 0 Å². The van der Waals surface area contributed by atoms with Crippen LogP contribution >= 0.6 is 0 Å². The first kappa shape index (κ1) is 16.7. The van der Waals surface area contributed by atoms with Gasteiger partial charge in [-0.15, -0.1) is 13.2 Å². The van der Waals surface area contributed by atoms with Gasteiger partial charge in [-0.2, -0.15) is 0 Å². The Kier molecular flexibility index (Phi) is 5.10. The summed E-state index contributed by atoms with van der Waals surface area (Å²) in [5.74, 6) is -0.655. The Morgan fingerprint density at radius 2 is 1.78 bits per heavy atom. The number of nitrogens with one attached hydrogen (secondary N) is 2. The van der Waals surface area contributed by atoms with Gasteiger partial charge in [0.05, 0.1) is 6.54 Å². The first-order chi connectivity index (χ1) is 10.8. The maximum Gasteiger partial charge on any atom is 0.573 e. The quantitative estimate of drug-likeness (QED) is 0.876. The number of halogens is 3. The van der Waals surface area contributed by atoms with Crippen LogP contribution in [0.15, 0.2) is 48.5 Å². The third-order valence-electron chi connectivity index (χ3n) is 2.86. The first-order valence-electron chi connectivity index (χ1n) is 6.78. The Morgan fingerprint density at radius 1 is 1.09 bits per heavy atom. The summed E-state index contributed by atoms with van der Waals surface area (Å²) in [6.07, 6.45) is -4.75. The van der Waals surface area contributed by atoms with Crippen LogP contribution in [0.2, 0.25) is 0 Å². The second-order valence-corrected chi connectivity index (χ2v) is 4.84. The molecule has 0 aromatic heterocycles. The smallest absolute Gasteiger partial charge is 0.406 e. The Morgan fingerprint density at radius 3 is 2.43 bits per heavy atom. The summed E-state index contributed by atoms with van der Waals surface area (Å²) >= 11 is 0. The molecule has 2 aromatic rings.